The lowest BCUT2D eigenvalue weighted by molar-refractivity contribution is -0.137. The molecule has 1 heterocycles. The molecule has 0 aromatic heterocycles. The number of carbonyl (C=O) groups is 2. The maximum absolute atomic E-state index is 13.3. The third kappa shape index (κ3) is 4.04. The molecule has 168 valence electrons. The normalized spacial score (nSPS) is 20.9. The number of anilines is 1. The van der Waals surface area contributed by atoms with Gasteiger partial charge in [0, 0.05) is 35.7 Å². The van der Waals surface area contributed by atoms with E-state index in [-0.39, 0.29) is 23.8 Å². The topological polar surface area (TPSA) is 46.6 Å². The quantitative estimate of drug-likeness (QED) is 0.595. The standard InChI is InChI=1S/C25H24F3NO3/c1-24(2)13-20-23(21(30)14-24)19(15-7-9-18(32-3)10-8-15)12-22(31)29(20)17-6-4-5-16(11-17)25(26,27)28/h4-11,19H,12-14H2,1-3H3. The van der Waals surface area contributed by atoms with Crippen LogP contribution in [0.4, 0.5) is 18.9 Å². The van der Waals surface area contributed by atoms with Crippen LogP contribution in [0.15, 0.2) is 59.8 Å². The van der Waals surface area contributed by atoms with Crippen molar-refractivity contribution in [3.63, 3.8) is 0 Å². The first kappa shape index (κ1) is 22.1. The number of ketones is 1. The van der Waals surface area contributed by atoms with Gasteiger partial charge in [0.1, 0.15) is 5.75 Å². The summed E-state index contributed by atoms with van der Waals surface area (Å²) in [5, 5.41) is 0. The van der Waals surface area contributed by atoms with Crippen molar-refractivity contribution in [3.05, 3.63) is 70.9 Å². The molecule has 1 unspecified atom stereocenters. The number of amides is 1. The highest BCUT2D eigenvalue weighted by atomic mass is 19.4. The van der Waals surface area contributed by atoms with Crippen LogP contribution < -0.4 is 9.64 Å². The van der Waals surface area contributed by atoms with E-state index in [4.69, 9.17) is 4.74 Å². The van der Waals surface area contributed by atoms with Crippen molar-refractivity contribution in [1.82, 2.24) is 0 Å². The Morgan fingerprint density at radius 2 is 1.72 bits per heavy atom. The predicted molar refractivity (Wildman–Crippen MR) is 114 cm³/mol. The van der Waals surface area contributed by atoms with E-state index in [1.807, 2.05) is 26.0 Å². The molecule has 2 aliphatic rings. The molecule has 0 spiro atoms. The van der Waals surface area contributed by atoms with Crippen LogP contribution >= 0.6 is 0 Å². The van der Waals surface area contributed by atoms with Crippen LogP contribution in [0.1, 0.15) is 50.2 Å². The molecule has 0 saturated carbocycles. The van der Waals surface area contributed by atoms with Crippen LogP contribution in [0.5, 0.6) is 5.75 Å². The average molecular weight is 443 g/mol. The molecule has 7 heteroatoms. The molecule has 0 radical (unpaired) electrons. The number of hydrogen-bond donors (Lipinski definition) is 0. The van der Waals surface area contributed by atoms with E-state index in [0.717, 1.165) is 17.7 Å². The van der Waals surface area contributed by atoms with E-state index in [9.17, 15) is 22.8 Å². The molecular formula is C25H24F3NO3. The molecule has 2 aromatic rings. The van der Waals surface area contributed by atoms with Gasteiger partial charge in [0.05, 0.1) is 12.7 Å². The summed E-state index contributed by atoms with van der Waals surface area (Å²) in [7, 11) is 1.56. The van der Waals surface area contributed by atoms with E-state index in [1.165, 1.54) is 17.0 Å². The second-order valence-electron chi connectivity index (χ2n) is 9.11. The molecule has 0 saturated heterocycles. The van der Waals surface area contributed by atoms with Gasteiger partial charge in [-0.3, -0.25) is 14.5 Å². The fourth-order valence-electron chi connectivity index (χ4n) is 4.66. The van der Waals surface area contributed by atoms with Crippen molar-refractivity contribution in [2.75, 3.05) is 12.0 Å². The molecule has 4 rings (SSSR count). The smallest absolute Gasteiger partial charge is 0.416 e. The van der Waals surface area contributed by atoms with Gasteiger partial charge in [0.15, 0.2) is 5.78 Å². The number of alkyl halides is 3. The Balaban J connectivity index is 1.87. The number of carbonyl (C=O) groups excluding carboxylic acids is 2. The van der Waals surface area contributed by atoms with Gasteiger partial charge in [0.2, 0.25) is 5.91 Å². The number of nitrogens with zero attached hydrogens (tertiary/aromatic N) is 1. The second-order valence-corrected chi connectivity index (χ2v) is 9.11. The third-order valence-electron chi connectivity index (χ3n) is 6.09. The van der Waals surface area contributed by atoms with Gasteiger partial charge < -0.3 is 4.74 Å². The Labute approximate surface area is 184 Å². The predicted octanol–water partition coefficient (Wildman–Crippen LogP) is 5.88. The van der Waals surface area contributed by atoms with Crippen LogP contribution in [-0.2, 0) is 15.8 Å². The van der Waals surface area contributed by atoms with Crippen molar-refractivity contribution < 1.29 is 27.5 Å². The van der Waals surface area contributed by atoms with Gasteiger partial charge in [-0.1, -0.05) is 32.0 Å². The molecule has 0 N–H and O–H groups in total. The maximum atomic E-state index is 13.3. The lowest BCUT2D eigenvalue weighted by Gasteiger charge is -2.43. The number of halogens is 3. The zero-order valence-corrected chi connectivity index (χ0v) is 18.1. The molecular weight excluding hydrogens is 419 g/mol. The van der Waals surface area contributed by atoms with E-state index in [2.05, 4.69) is 0 Å². The van der Waals surface area contributed by atoms with Crippen LogP contribution in [0.2, 0.25) is 0 Å². The molecule has 0 bridgehead atoms. The Morgan fingerprint density at radius 3 is 2.34 bits per heavy atom. The van der Waals surface area contributed by atoms with Crippen molar-refractivity contribution in [2.24, 2.45) is 5.41 Å². The lowest BCUT2D eigenvalue weighted by atomic mass is 9.69. The summed E-state index contributed by atoms with van der Waals surface area (Å²) in [6.07, 6.45) is -3.78. The molecule has 32 heavy (non-hydrogen) atoms. The summed E-state index contributed by atoms with van der Waals surface area (Å²) >= 11 is 0. The Hall–Kier alpha value is -3.09. The number of hydrogen-bond acceptors (Lipinski definition) is 3. The minimum Gasteiger partial charge on any atom is -0.497 e. The first-order valence-corrected chi connectivity index (χ1v) is 10.4. The van der Waals surface area contributed by atoms with E-state index < -0.39 is 23.1 Å². The Morgan fingerprint density at radius 1 is 1.03 bits per heavy atom. The van der Waals surface area contributed by atoms with E-state index >= 15 is 0 Å². The van der Waals surface area contributed by atoms with E-state index in [1.54, 1.807) is 19.2 Å². The van der Waals surface area contributed by atoms with Crippen molar-refractivity contribution >= 4 is 17.4 Å². The Kier molecular flexibility index (Phi) is 5.39. The largest absolute Gasteiger partial charge is 0.497 e. The fourth-order valence-corrected chi connectivity index (χ4v) is 4.66. The lowest BCUT2D eigenvalue weighted by Crippen LogP contribution is -2.43. The van der Waals surface area contributed by atoms with Gasteiger partial charge in [-0.25, -0.2) is 0 Å². The van der Waals surface area contributed by atoms with Crippen LogP contribution in [0.25, 0.3) is 0 Å². The number of allylic oxidation sites excluding steroid dienone is 2. The van der Waals surface area contributed by atoms with Crippen LogP contribution in [-0.4, -0.2) is 18.8 Å². The molecule has 1 aliphatic carbocycles. The Bertz CT molecular complexity index is 1100. The van der Waals surface area contributed by atoms with Crippen molar-refractivity contribution in [1.29, 1.82) is 0 Å². The van der Waals surface area contributed by atoms with Crippen molar-refractivity contribution in [3.8, 4) is 5.75 Å². The van der Waals surface area contributed by atoms with Gasteiger partial charge in [-0.2, -0.15) is 13.2 Å². The minimum atomic E-state index is -4.53. The van der Waals surface area contributed by atoms with Gasteiger partial charge in [0.25, 0.3) is 0 Å². The molecule has 2 aromatic carbocycles. The highest BCUT2D eigenvalue weighted by Gasteiger charge is 2.44. The summed E-state index contributed by atoms with van der Waals surface area (Å²) in [6, 6.07) is 11.9. The summed E-state index contributed by atoms with van der Waals surface area (Å²) < 4.78 is 45.1. The summed E-state index contributed by atoms with van der Waals surface area (Å²) in [5.74, 6) is -0.170. The van der Waals surface area contributed by atoms with E-state index in [0.29, 0.717) is 29.9 Å². The summed E-state index contributed by atoms with van der Waals surface area (Å²) in [6.45, 7) is 3.86. The van der Waals surface area contributed by atoms with Crippen LogP contribution in [0.3, 0.4) is 0 Å². The number of benzene rings is 2. The summed E-state index contributed by atoms with van der Waals surface area (Å²) in [4.78, 5) is 27.9. The maximum Gasteiger partial charge on any atom is 0.416 e. The minimum absolute atomic E-state index is 0.00752. The molecule has 1 aliphatic heterocycles. The fraction of sp³-hybridized carbons (Fsp3) is 0.360. The highest BCUT2D eigenvalue weighted by molar-refractivity contribution is 6.07. The zero-order valence-electron chi connectivity index (χ0n) is 18.1. The number of ether oxygens (including phenoxy) is 1. The first-order chi connectivity index (χ1) is 15.0. The molecule has 0 fully saturated rings. The number of Topliss-reactive ketones (excluding diaryl/α,β-unsaturated/α-hetero) is 1. The molecule has 1 atom stereocenters. The molecule has 4 nitrogen and oxygen atoms in total. The SMILES string of the molecule is COc1ccc(C2CC(=O)N(c3cccc(C(F)(F)F)c3)C3=C2C(=O)CC(C)(C)C3)cc1. The van der Waals surface area contributed by atoms with Crippen LogP contribution in [0, 0.1) is 5.41 Å². The first-order valence-electron chi connectivity index (χ1n) is 10.4. The average Bonchev–Trinajstić information content (AvgIpc) is 2.71. The molecule has 1 amide bonds. The summed E-state index contributed by atoms with van der Waals surface area (Å²) in [5.41, 5.74) is 0.731. The van der Waals surface area contributed by atoms with Crippen molar-refractivity contribution in [2.45, 2.75) is 45.2 Å². The monoisotopic (exact) mass is 443 g/mol. The van der Waals surface area contributed by atoms with Gasteiger partial charge in [-0.15, -0.1) is 0 Å². The second kappa shape index (κ2) is 7.80. The number of rotatable bonds is 3. The third-order valence-corrected chi connectivity index (χ3v) is 6.09. The highest BCUT2D eigenvalue weighted by Crippen LogP contribution is 2.48. The van der Waals surface area contributed by atoms with Gasteiger partial charge >= 0.3 is 6.18 Å². The number of methoxy groups -OCH3 is 1. The van der Waals surface area contributed by atoms with Gasteiger partial charge in [-0.05, 0) is 47.7 Å². The zero-order chi connectivity index (χ0) is 23.3.